The predicted molar refractivity (Wildman–Crippen MR) is 77.3 cm³/mol. The summed E-state index contributed by atoms with van der Waals surface area (Å²) in [5.41, 5.74) is 1.28. The van der Waals surface area contributed by atoms with Gasteiger partial charge in [-0.25, -0.2) is 0 Å². The van der Waals surface area contributed by atoms with E-state index in [1.54, 1.807) is 0 Å². The van der Waals surface area contributed by atoms with E-state index in [1.165, 1.54) is 16.3 Å². The minimum absolute atomic E-state index is 0.197. The van der Waals surface area contributed by atoms with Gasteiger partial charge in [-0.2, -0.15) is 0 Å². The number of likely N-dealkylation sites (N-methyl/N-ethyl adjacent to an activating group) is 1. The molecular formula is C16H21NO. The topological polar surface area (TPSA) is 12.5 Å². The second kappa shape index (κ2) is 5.40. The van der Waals surface area contributed by atoms with Crippen LogP contribution in [0.15, 0.2) is 36.4 Å². The van der Waals surface area contributed by atoms with E-state index >= 15 is 0 Å². The average Bonchev–Trinajstić information content (AvgIpc) is 2.27. The summed E-state index contributed by atoms with van der Waals surface area (Å²) in [4.78, 5) is 2.13. The van der Waals surface area contributed by atoms with E-state index in [1.807, 2.05) is 6.07 Å². The Labute approximate surface area is 109 Å². The van der Waals surface area contributed by atoms with Gasteiger partial charge >= 0.3 is 0 Å². The minimum atomic E-state index is 0.197. The monoisotopic (exact) mass is 243 g/mol. The molecule has 2 nitrogen and oxygen atoms in total. The standard InChI is InChI=1S/C16H21NO/c1-12-5-6-14-7-8-16(10-15(14)9-12)18-13(2)11-17(3)4/h5-10,13H,11H2,1-4H3. The van der Waals surface area contributed by atoms with Gasteiger partial charge < -0.3 is 9.64 Å². The van der Waals surface area contributed by atoms with Crippen molar-refractivity contribution >= 4 is 10.8 Å². The molecule has 96 valence electrons. The first kappa shape index (κ1) is 12.9. The van der Waals surface area contributed by atoms with E-state index in [4.69, 9.17) is 4.74 Å². The molecule has 0 saturated heterocycles. The van der Waals surface area contributed by atoms with E-state index in [-0.39, 0.29) is 6.10 Å². The van der Waals surface area contributed by atoms with Gasteiger partial charge in [0, 0.05) is 6.54 Å². The normalized spacial score (nSPS) is 12.9. The van der Waals surface area contributed by atoms with Crippen LogP contribution in [0.5, 0.6) is 5.75 Å². The summed E-state index contributed by atoms with van der Waals surface area (Å²) in [6, 6.07) is 12.8. The van der Waals surface area contributed by atoms with Crippen molar-refractivity contribution < 1.29 is 4.74 Å². The highest BCUT2D eigenvalue weighted by Gasteiger charge is 2.05. The van der Waals surface area contributed by atoms with Gasteiger partial charge in [0.15, 0.2) is 0 Å². The Bertz CT molecular complexity index is 534. The van der Waals surface area contributed by atoms with Gasteiger partial charge in [0.25, 0.3) is 0 Å². The zero-order chi connectivity index (χ0) is 13.1. The Kier molecular flexibility index (Phi) is 3.87. The van der Waals surface area contributed by atoms with E-state index in [2.05, 4.69) is 63.2 Å². The van der Waals surface area contributed by atoms with Crippen LogP contribution in [0.4, 0.5) is 0 Å². The van der Waals surface area contributed by atoms with Gasteiger partial charge in [0.1, 0.15) is 11.9 Å². The minimum Gasteiger partial charge on any atom is -0.489 e. The number of hydrogen-bond acceptors (Lipinski definition) is 2. The number of benzene rings is 2. The molecule has 0 aromatic heterocycles. The highest BCUT2D eigenvalue weighted by molar-refractivity contribution is 5.84. The molecule has 2 rings (SSSR count). The highest BCUT2D eigenvalue weighted by atomic mass is 16.5. The second-order valence-corrected chi connectivity index (χ2v) is 5.20. The molecule has 2 aromatic rings. The second-order valence-electron chi connectivity index (χ2n) is 5.20. The molecule has 2 aromatic carbocycles. The largest absolute Gasteiger partial charge is 0.489 e. The van der Waals surface area contributed by atoms with Crippen molar-refractivity contribution in [2.75, 3.05) is 20.6 Å². The van der Waals surface area contributed by atoms with Crippen LogP contribution in [-0.4, -0.2) is 31.6 Å². The number of nitrogens with zero attached hydrogens (tertiary/aromatic N) is 1. The lowest BCUT2D eigenvalue weighted by Crippen LogP contribution is -2.27. The molecule has 0 N–H and O–H groups in total. The average molecular weight is 243 g/mol. The van der Waals surface area contributed by atoms with Crippen LogP contribution >= 0.6 is 0 Å². The van der Waals surface area contributed by atoms with Crippen LogP contribution in [0.25, 0.3) is 10.8 Å². The Hall–Kier alpha value is -1.54. The molecule has 0 spiro atoms. The van der Waals surface area contributed by atoms with Gasteiger partial charge in [-0.05, 0) is 50.8 Å². The lowest BCUT2D eigenvalue weighted by Gasteiger charge is -2.19. The van der Waals surface area contributed by atoms with E-state index in [0.717, 1.165) is 12.3 Å². The molecule has 0 aliphatic heterocycles. The molecule has 0 heterocycles. The van der Waals surface area contributed by atoms with Crippen molar-refractivity contribution in [3.8, 4) is 5.75 Å². The van der Waals surface area contributed by atoms with Crippen LogP contribution in [-0.2, 0) is 0 Å². The summed E-state index contributed by atoms with van der Waals surface area (Å²) in [6.07, 6.45) is 0.197. The summed E-state index contributed by atoms with van der Waals surface area (Å²) >= 11 is 0. The van der Waals surface area contributed by atoms with Gasteiger partial charge in [-0.3, -0.25) is 0 Å². The van der Waals surface area contributed by atoms with Crippen LogP contribution in [0.2, 0.25) is 0 Å². The molecule has 1 atom stereocenters. The van der Waals surface area contributed by atoms with Crippen molar-refractivity contribution in [2.24, 2.45) is 0 Å². The van der Waals surface area contributed by atoms with Crippen molar-refractivity contribution in [3.63, 3.8) is 0 Å². The molecule has 18 heavy (non-hydrogen) atoms. The van der Waals surface area contributed by atoms with Gasteiger partial charge in [0.05, 0.1) is 0 Å². The van der Waals surface area contributed by atoms with Crippen LogP contribution in [0.3, 0.4) is 0 Å². The van der Waals surface area contributed by atoms with Crippen LogP contribution in [0, 0.1) is 6.92 Å². The predicted octanol–water partition coefficient (Wildman–Crippen LogP) is 3.48. The summed E-state index contributed by atoms with van der Waals surface area (Å²) in [6.45, 7) is 5.13. The fourth-order valence-corrected chi connectivity index (χ4v) is 2.20. The molecule has 0 bridgehead atoms. The first-order chi connectivity index (χ1) is 8.54. The van der Waals surface area contributed by atoms with Gasteiger partial charge in [0.2, 0.25) is 0 Å². The molecule has 2 heteroatoms. The van der Waals surface area contributed by atoms with E-state index < -0.39 is 0 Å². The smallest absolute Gasteiger partial charge is 0.120 e. The van der Waals surface area contributed by atoms with Gasteiger partial charge in [-0.1, -0.05) is 29.8 Å². The third kappa shape index (κ3) is 3.23. The lowest BCUT2D eigenvalue weighted by molar-refractivity contribution is 0.177. The summed E-state index contributed by atoms with van der Waals surface area (Å²) in [5, 5.41) is 2.50. The summed E-state index contributed by atoms with van der Waals surface area (Å²) in [5.74, 6) is 0.947. The zero-order valence-electron chi connectivity index (χ0n) is 11.6. The number of aryl methyl sites for hydroxylation is 1. The fraction of sp³-hybridized carbons (Fsp3) is 0.375. The van der Waals surface area contributed by atoms with Crippen LogP contribution < -0.4 is 4.74 Å². The Morgan fingerprint density at radius 2 is 1.78 bits per heavy atom. The van der Waals surface area contributed by atoms with E-state index in [0.29, 0.717) is 0 Å². The molecule has 0 radical (unpaired) electrons. The third-order valence-corrected chi connectivity index (χ3v) is 2.93. The number of rotatable bonds is 4. The SMILES string of the molecule is Cc1ccc2ccc(OC(C)CN(C)C)cc2c1. The number of fused-ring (bicyclic) bond motifs is 1. The van der Waals surface area contributed by atoms with Gasteiger partial charge in [-0.15, -0.1) is 0 Å². The highest BCUT2D eigenvalue weighted by Crippen LogP contribution is 2.22. The Balaban J connectivity index is 2.19. The Morgan fingerprint density at radius 3 is 2.50 bits per heavy atom. The summed E-state index contributed by atoms with van der Waals surface area (Å²) in [7, 11) is 4.12. The zero-order valence-corrected chi connectivity index (χ0v) is 11.6. The third-order valence-electron chi connectivity index (χ3n) is 2.93. The molecule has 0 aliphatic carbocycles. The van der Waals surface area contributed by atoms with Crippen LogP contribution in [0.1, 0.15) is 12.5 Å². The van der Waals surface area contributed by atoms with E-state index in [9.17, 15) is 0 Å². The maximum absolute atomic E-state index is 5.93. The first-order valence-corrected chi connectivity index (χ1v) is 6.36. The number of ether oxygens (including phenoxy) is 1. The Morgan fingerprint density at radius 1 is 1.06 bits per heavy atom. The van der Waals surface area contributed by atoms with Crippen molar-refractivity contribution in [1.82, 2.24) is 4.90 Å². The maximum Gasteiger partial charge on any atom is 0.120 e. The molecule has 0 aliphatic rings. The quantitative estimate of drug-likeness (QED) is 0.815. The first-order valence-electron chi connectivity index (χ1n) is 6.36. The summed E-state index contributed by atoms with van der Waals surface area (Å²) < 4.78 is 5.93. The van der Waals surface area contributed by atoms with Crippen molar-refractivity contribution in [2.45, 2.75) is 20.0 Å². The molecule has 0 fully saturated rings. The van der Waals surface area contributed by atoms with Crippen molar-refractivity contribution in [3.05, 3.63) is 42.0 Å². The molecule has 1 unspecified atom stereocenters. The number of hydrogen-bond donors (Lipinski definition) is 0. The molecular weight excluding hydrogens is 222 g/mol. The fourth-order valence-electron chi connectivity index (χ4n) is 2.20. The van der Waals surface area contributed by atoms with Crippen molar-refractivity contribution in [1.29, 1.82) is 0 Å². The molecule has 0 saturated carbocycles. The molecule has 0 amide bonds. The lowest BCUT2D eigenvalue weighted by atomic mass is 10.1. The maximum atomic E-state index is 5.93.